The van der Waals surface area contributed by atoms with E-state index in [2.05, 4.69) is 108 Å². The molecule has 0 atom stereocenters. The zero-order chi connectivity index (χ0) is 42.8. The van der Waals surface area contributed by atoms with Crippen LogP contribution in [0.2, 0.25) is 0 Å². The van der Waals surface area contributed by atoms with Crippen LogP contribution in [0.15, 0.2) is 179 Å². The minimum atomic E-state index is -0.339. The van der Waals surface area contributed by atoms with Crippen LogP contribution in [-0.2, 0) is 12.8 Å². The summed E-state index contributed by atoms with van der Waals surface area (Å²) in [6, 6.07) is 55.8. The van der Waals surface area contributed by atoms with E-state index in [1.807, 2.05) is 48.5 Å². The van der Waals surface area contributed by atoms with Crippen molar-refractivity contribution in [3.63, 3.8) is 0 Å². The summed E-state index contributed by atoms with van der Waals surface area (Å²) in [6.45, 7) is 4.36. The number of hydrogen-bond acceptors (Lipinski definition) is 2. The Kier molecular flexibility index (Phi) is 7.89. The Morgan fingerprint density at radius 3 is 1.27 bits per heavy atom. The molecule has 4 nitrogen and oxygen atoms in total. The largest absolute Gasteiger partial charge is 0.455 e. The molecule has 9 aromatic carbocycles. The van der Waals surface area contributed by atoms with Crippen LogP contribution in [0, 0.1) is 11.6 Å². The van der Waals surface area contributed by atoms with Crippen LogP contribution in [0.5, 0.6) is 0 Å². The number of hydrogen-bond donors (Lipinski definition) is 0. The van der Waals surface area contributed by atoms with Gasteiger partial charge in [0, 0.05) is 43.4 Å². The molecular formula is C58H38F2N2O2. The van der Waals surface area contributed by atoms with Crippen molar-refractivity contribution in [1.82, 2.24) is 9.13 Å². The standard InChI is InChI=1S/C58H38F2N2O2/c1-3-37-51(33-15-13-17-35(59)31-33)56(62-46-24-10-6-22-44(46)54-48(62)30-28-42-40-20-8-12-26-50(40)64-58(42)54)52(34-16-14-18-36(60)32-34)38(4-2)55(37)61-45-23-9-5-21-43(45)53-47(61)29-27-41-39-19-7-11-25-49(39)63-57(41)53/h5-32H,3-4H2,1-2H3. The van der Waals surface area contributed by atoms with Crippen LogP contribution in [0.3, 0.4) is 0 Å². The van der Waals surface area contributed by atoms with E-state index < -0.39 is 0 Å². The van der Waals surface area contributed by atoms with Crippen LogP contribution in [0.1, 0.15) is 25.0 Å². The van der Waals surface area contributed by atoms with Gasteiger partial charge < -0.3 is 18.0 Å². The van der Waals surface area contributed by atoms with Gasteiger partial charge in [0.05, 0.1) is 44.2 Å². The first-order chi connectivity index (χ1) is 31.5. The monoisotopic (exact) mass is 832 g/mol. The second-order valence-electron chi connectivity index (χ2n) is 16.7. The van der Waals surface area contributed by atoms with Crippen molar-refractivity contribution in [2.45, 2.75) is 26.7 Å². The summed E-state index contributed by atoms with van der Waals surface area (Å²) >= 11 is 0. The van der Waals surface area contributed by atoms with E-state index >= 15 is 8.78 Å². The van der Waals surface area contributed by atoms with Crippen LogP contribution >= 0.6 is 0 Å². The van der Waals surface area contributed by atoms with Gasteiger partial charge in [0.15, 0.2) is 0 Å². The summed E-state index contributed by atoms with van der Waals surface area (Å²) < 4.78 is 50.0. The van der Waals surface area contributed by atoms with Crippen molar-refractivity contribution in [2.75, 3.05) is 0 Å². The number of rotatable bonds is 6. The molecule has 0 unspecified atom stereocenters. The van der Waals surface area contributed by atoms with E-state index in [1.54, 1.807) is 24.3 Å². The lowest BCUT2D eigenvalue weighted by atomic mass is 9.84. The lowest BCUT2D eigenvalue weighted by molar-refractivity contribution is 0.628. The van der Waals surface area contributed by atoms with Gasteiger partial charge >= 0.3 is 0 Å². The minimum absolute atomic E-state index is 0.339. The molecule has 0 saturated heterocycles. The minimum Gasteiger partial charge on any atom is -0.455 e. The average molecular weight is 833 g/mol. The normalized spacial score (nSPS) is 12.2. The summed E-state index contributed by atoms with van der Waals surface area (Å²) in [6.07, 6.45) is 1.22. The number of furan rings is 2. The fourth-order valence-electron chi connectivity index (χ4n) is 10.9. The predicted octanol–water partition coefficient (Wildman–Crippen LogP) is 16.4. The molecule has 0 aliphatic rings. The van der Waals surface area contributed by atoms with Crippen molar-refractivity contribution in [1.29, 1.82) is 0 Å². The van der Waals surface area contributed by atoms with Crippen molar-refractivity contribution < 1.29 is 17.6 Å². The number of benzene rings is 9. The summed E-state index contributed by atoms with van der Waals surface area (Å²) in [5, 5.41) is 8.30. The molecule has 0 bridgehead atoms. The van der Waals surface area contributed by atoms with Gasteiger partial charge in [0.1, 0.15) is 34.0 Å². The molecular weight excluding hydrogens is 795 g/mol. The average Bonchev–Trinajstić information content (AvgIpc) is 4.08. The van der Waals surface area contributed by atoms with Crippen molar-refractivity contribution in [2.24, 2.45) is 0 Å². The van der Waals surface area contributed by atoms with Gasteiger partial charge in [0.2, 0.25) is 0 Å². The van der Waals surface area contributed by atoms with Gasteiger partial charge in [-0.25, -0.2) is 8.78 Å². The number of halogens is 2. The molecule has 0 spiro atoms. The van der Waals surface area contributed by atoms with Crippen molar-refractivity contribution in [3.8, 4) is 33.6 Å². The maximum atomic E-state index is 15.9. The highest BCUT2D eigenvalue weighted by Gasteiger charge is 2.31. The van der Waals surface area contributed by atoms with E-state index in [1.165, 1.54) is 12.1 Å². The van der Waals surface area contributed by atoms with E-state index in [9.17, 15) is 0 Å². The molecule has 0 aliphatic carbocycles. The van der Waals surface area contributed by atoms with Crippen molar-refractivity contribution >= 4 is 87.5 Å². The molecule has 0 fully saturated rings. The number of nitrogens with zero attached hydrogens (tertiary/aromatic N) is 2. The molecule has 4 aromatic heterocycles. The van der Waals surface area contributed by atoms with Gasteiger partial charge in [-0.1, -0.05) is 111 Å². The van der Waals surface area contributed by atoms with E-state index in [0.717, 1.165) is 132 Å². The van der Waals surface area contributed by atoms with Crippen LogP contribution < -0.4 is 0 Å². The Balaban J connectivity index is 1.27. The highest BCUT2D eigenvalue weighted by Crippen LogP contribution is 2.51. The van der Waals surface area contributed by atoms with Gasteiger partial charge in [-0.3, -0.25) is 0 Å². The number of aromatic nitrogens is 2. The van der Waals surface area contributed by atoms with Gasteiger partial charge in [-0.15, -0.1) is 0 Å². The van der Waals surface area contributed by atoms with Gasteiger partial charge in [-0.2, -0.15) is 0 Å². The Bertz CT molecular complexity index is 4010. The third-order valence-electron chi connectivity index (χ3n) is 13.4. The maximum absolute atomic E-state index is 15.9. The lowest BCUT2D eigenvalue weighted by Gasteiger charge is -2.29. The Hall–Kier alpha value is -7.96. The van der Waals surface area contributed by atoms with Crippen LogP contribution in [0.25, 0.3) is 121 Å². The van der Waals surface area contributed by atoms with Crippen LogP contribution in [-0.4, -0.2) is 9.13 Å². The number of para-hydroxylation sites is 4. The SMILES string of the molecule is CCc1c(-c2cccc(F)c2)c(-n2c3ccccc3c3c4oc5ccccc5c4ccc32)c(-c2cccc(F)c2)c(CC)c1-n1c2ccccc2c2c3oc4ccccc4c3ccc21. The third-order valence-corrected chi connectivity index (χ3v) is 13.4. The molecule has 13 rings (SSSR count). The lowest BCUT2D eigenvalue weighted by Crippen LogP contribution is -2.13. The molecule has 0 N–H and O–H groups in total. The quantitative estimate of drug-likeness (QED) is 0.167. The molecule has 6 heteroatoms. The first-order valence-electron chi connectivity index (χ1n) is 21.9. The van der Waals surface area contributed by atoms with Gasteiger partial charge in [-0.05, 0) is 108 Å². The van der Waals surface area contributed by atoms with E-state index in [-0.39, 0.29) is 11.6 Å². The van der Waals surface area contributed by atoms with Crippen LogP contribution in [0.4, 0.5) is 8.78 Å². The summed E-state index contributed by atoms with van der Waals surface area (Å²) in [4.78, 5) is 0. The van der Waals surface area contributed by atoms with E-state index in [0.29, 0.717) is 12.8 Å². The fourth-order valence-corrected chi connectivity index (χ4v) is 10.9. The maximum Gasteiger partial charge on any atom is 0.145 e. The highest BCUT2D eigenvalue weighted by atomic mass is 19.1. The highest BCUT2D eigenvalue weighted by molar-refractivity contribution is 6.26. The first-order valence-corrected chi connectivity index (χ1v) is 21.9. The second-order valence-corrected chi connectivity index (χ2v) is 16.7. The third kappa shape index (κ3) is 5.02. The van der Waals surface area contributed by atoms with Gasteiger partial charge in [0.25, 0.3) is 0 Å². The zero-order valence-electron chi connectivity index (χ0n) is 35.0. The fraction of sp³-hybridized carbons (Fsp3) is 0.0690. The second kappa shape index (κ2) is 13.8. The topological polar surface area (TPSA) is 36.1 Å². The summed E-state index contributed by atoms with van der Waals surface area (Å²) in [5.41, 5.74) is 14.3. The molecule has 306 valence electrons. The number of fused-ring (bicyclic) bond motifs is 14. The summed E-state index contributed by atoms with van der Waals surface area (Å²) in [7, 11) is 0. The Morgan fingerprint density at radius 1 is 0.391 bits per heavy atom. The molecule has 0 saturated carbocycles. The molecule has 0 aliphatic heterocycles. The molecule has 0 radical (unpaired) electrons. The zero-order valence-corrected chi connectivity index (χ0v) is 35.0. The predicted molar refractivity (Wildman–Crippen MR) is 259 cm³/mol. The first kappa shape index (κ1) is 36.7. The summed E-state index contributed by atoms with van der Waals surface area (Å²) in [5.74, 6) is -0.677. The Labute approximate surface area is 365 Å². The van der Waals surface area contributed by atoms with E-state index in [4.69, 9.17) is 8.83 Å². The molecule has 0 amide bonds. The smallest absolute Gasteiger partial charge is 0.145 e. The Morgan fingerprint density at radius 2 is 0.812 bits per heavy atom. The van der Waals surface area contributed by atoms with Crippen molar-refractivity contribution in [3.05, 3.63) is 193 Å². The molecule has 13 aromatic rings. The molecule has 64 heavy (non-hydrogen) atoms. The molecule has 4 heterocycles.